The minimum Gasteiger partial charge on any atom is -0.495 e. The van der Waals surface area contributed by atoms with Gasteiger partial charge < -0.3 is 10.1 Å². The monoisotopic (exact) mass is 244 g/mol. The van der Waals surface area contributed by atoms with E-state index in [0.717, 1.165) is 12.1 Å². The summed E-state index contributed by atoms with van der Waals surface area (Å²) in [5.74, 6) is 0.613. The molecule has 0 aliphatic heterocycles. The molecule has 0 amide bonds. The van der Waals surface area contributed by atoms with Gasteiger partial charge >= 0.3 is 0 Å². The van der Waals surface area contributed by atoms with Gasteiger partial charge in [0.15, 0.2) is 0 Å². The Morgan fingerprint density at radius 3 is 2.67 bits per heavy atom. The summed E-state index contributed by atoms with van der Waals surface area (Å²) < 4.78 is 5.10. The molecule has 1 N–H and O–H groups in total. The minimum absolute atomic E-state index is 0.113. The van der Waals surface area contributed by atoms with Crippen LogP contribution in [0.15, 0.2) is 24.3 Å². The zero-order valence-electron chi connectivity index (χ0n) is 11.4. The van der Waals surface area contributed by atoms with Gasteiger partial charge in [-0.3, -0.25) is 0 Å². The molecular formula is C15H20N2O. The summed E-state index contributed by atoms with van der Waals surface area (Å²) in [7, 11) is 1.57. The lowest BCUT2D eigenvalue weighted by molar-refractivity contribution is 0.413. The third-order valence-corrected chi connectivity index (χ3v) is 2.40. The lowest BCUT2D eigenvalue weighted by Crippen LogP contribution is -2.35. The van der Waals surface area contributed by atoms with E-state index >= 15 is 0 Å². The fraction of sp³-hybridized carbons (Fsp3) is 0.400. The van der Waals surface area contributed by atoms with Gasteiger partial charge in [0.25, 0.3) is 0 Å². The predicted molar refractivity (Wildman–Crippen MR) is 74.5 cm³/mol. The Kier molecular flexibility index (Phi) is 4.94. The second kappa shape index (κ2) is 6.23. The van der Waals surface area contributed by atoms with Crippen molar-refractivity contribution in [3.8, 4) is 11.8 Å². The van der Waals surface area contributed by atoms with Crippen molar-refractivity contribution in [1.29, 1.82) is 5.26 Å². The normalized spacial score (nSPS) is 11.5. The molecule has 0 aromatic heterocycles. The van der Waals surface area contributed by atoms with Gasteiger partial charge in [0.2, 0.25) is 0 Å². The number of nitrogens with one attached hydrogen (secondary N) is 1. The van der Waals surface area contributed by atoms with Crippen LogP contribution in [0.3, 0.4) is 0 Å². The van der Waals surface area contributed by atoms with E-state index in [0.29, 0.717) is 11.3 Å². The SMILES string of the molecule is COc1ccc(C=CCNC(C)(C)C)cc1C#N. The molecule has 1 aromatic rings. The molecule has 3 nitrogen and oxygen atoms in total. The molecular weight excluding hydrogens is 224 g/mol. The molecule has 1 aromatic carbocycles. The summed E-state index contributed by atoms with van der Waals surface area (Å²) in [6.45, 7) is 7.18. The third kappa shape index (κ3) is 4.60. The number of hydrogen-bond acceptors (Lipinski definition) is 3. The zero-order valence-corrected chi connectivity index (χ0v) is 11.4. The molecule has 0 aliphatic carbocycles. The Labute approximate surface area is 109 Å². The molecule has 0 radical (unpaired) electrons. The van der Waals surface area contributed by atoms with Crippen LogP contribution in [0.5, 0.6) is 5.75 Å². The molecule has 0 heterocycles. The van der Waals surface area contributed by atoms with Crippen molar-refractivity contribution in [2.75, 3.05) is 13.7 Å². The summed E-state index contributed by atoms with van der Waals surface area (Å²) >= 11 is 0. The summed E-state index contributed by atoms with van der Waals surface area (Å²) in [5, 5.41) is 12.4. The maximum atomic E-state index is 8.99. The molecule has 1 rings (SSSR count). The van der Waals surface area contributed by atoms with E-state index in [4.69, 9.17) is 10.00 Å². The number of nitriles is 1. The van der Waals surface area contributed by atoms with Gasteiger partial charge in [-0.1, -0.05) is 18.2 Å². The Hall–Kier alpha value is -1.79. The van der Waals surface area contributed by atoms with Gasteiger partial charge in [-0.05, 0) is 38.5 Å². The van der Waals surface area contributed by atoms with Gasteiger partial charge in [0, 0.05) is 12.1 Å². The van der Waals surface area contributed by atoms with E-state index in [-0.39, 0.29) is 5.54 Å². The van der Waals surface area contributed by atoms with Crippen molar-refractivity contribution in [2.24, 2.45) is 0 Å². The molecule has 0 saturated carbocycles. The first-order chi connectivity index (χ1) is 8.46. The average molecular weight is 244 g/mol. The highest BCUT2D eigenvalue weighted by Crippen LogP contribution is 2.19. The predicted octanol–water partition coefficient (Wildman–Crippen LogP) is 2.97. The molecule has 0 atom stereocenters. The lowest BCUT2D eigenvalue weighted by atomic mass is 10.1. The molecule has 0 bridgehead atoms. The molecule has 96 valence electrons. The fourth-order valence-corrected chi connectivity index (χ4v) is 1.48. The topological polar surface area (TPSA) is 45.0 Å². The number of methoxy groups -OCH3 is 1. The highest BCUT2D eigenvalue weighted by Gasteiger charge is 2.06. The quantitative estimate of drug-likeness (QED) is 0.885. The van der Waals surface area contributed by atoms with E-state index < -0.39 is 0 Å². The van der Waals surface area contributed by atoms with Gasteiger partial charge in [0.05, 0.1) is 12.7 Å². The Balaban J connectivity index is 2.69. The first-order valence-corrected chi connectivity index (χ1v) is 5.96. The first-order valence-electron chi connectivity index (χ1n) is 5.96. The lowest BCUT2D eigenvalue weighted by Gasteiger charge is -2.18. The van der Waals surface area contributed by atoms with Crippen molar-refractivity contribution in [3.63, 3.8) is 0 Å². The van der Waals surface area contributed by atoms with Crippen LogP contribution in [0, 0.1) is 11.3 Å². The van der Waals surface area contributed by atoms with Crippen LogP contribution in [-0.2, 0) is 0 Å². The van der Waals surface area contributed by atoms with E-state index in [1.165, 1.54) is 0 Å². The number of rotatable bonds is 4. The number of benzene rings is 1. The number of ether oxygens (including phenoxy) is 1. The smallest absolute Gasteiger partial charge is 0.136 e. The van der Waals surface area contributed by atoms with Crippen LogP contribution in [-0.4, -0.2) is 19.2 Å². The van der Waals surface area contributed by atoms with Crippen LogP contribution >= 0.6 is 0 Å². The Bertz CT molecular complexity index is 464. The van der Waals surface area contributed by atoms with Crippen molar-refractivity contribution >= 4 is 6.08 Å². The van der Waals surface area contributed by atoms with Crippen molar-refractivity contribution < 1.29 is 4.74 Å². The fourth-order valence-electron chi connectivity index (χ4n) is 1.48. The summed E-state index contributed by atoms with van der Waals surface area (Å²) in [4.78, 5) is 0. The van der Waals surface area contributed by atoms with Crippen LogP contribution in [0.4, 0.5) is 0 Å². The van der Waals surface area contributed by atoms with Crippen molar-refractivity contribution in [2.45, 2.75) is 26.3 Å². The molecule has 0 saturated heterocycles. The summed E-state index contributed by atoms with van der Waals surface area (Å²) in [6.07, 6.45) is 4.05. The molecule has 0 spiro atoms. The Morgan fingerprint density at radius 2 is 2.11 bits per heavy atom. The van der Waals surface area contributed by atoms with Gasteiger partial charge in [-0.25, -0.2) is 0 Å². The molecule has 3 heteroatoms. The second-order valence-corrected chi connectivity index (χ2v) is 5.10. The van der Waals surface area contributed by atoms with Crippen LogP contribution in [0.25, 0.3) is 6.08 Å². The van der Waals surface area contributed by atoms with E-state index in [1.807, 2.05) is 30.4 Å². The zero-order chi connectivity index (χ0) is 13.6. The standard InChI is InChI=1S/C15H20N2O/c1-15(2,3)17-9-5-6-12-7-8-14(18-4)13(10-12)11-16/h5-8,10,17H,9H2,1-4H3. The third-order valence-electron chi connectivity index (χ3n) is 2.40. The van der Waals surface area contributed by atoms with Crippen LogP contribution in [0.2, 0.25) is 0 Å². The first kappa shape index (κ1) is 14.3. The largest absolute Gasteiger partial charge is 0.495 e. The maximum absolute atomic E-state index is 8.99. The van der Waals surface area contributed by atoms with Crippen molar-refractivity contribution in [3.05, 3.63) is 35.4 Å². The number of nitrogens with zero attached hydrogens (tertiary/aromatic N) is 1. The average Bonchev–Trinajstić information content (AvgIpc) is 2.33. The molecule has 18 heavy (non-hydrogen) atoms. The van der Waals surface area contributed by atoms with Gasteiger partial charge in [-0.2, -0.15) is 5.26 Å². The maximum Gasteiger partial charge on any atom is 0.136 e. The van der Waals surface area contributed by atoms with Gasteiger partial charge in [-0.15, -0.1) is 0 Å². The van der Waals surface area contributed by atoms with E-state index in [2.05, 4.69) is 32.2 Å². The summed E-state index contributed by atoms with van der Waals surface area (Å²) in [6, 6.07) is 7.71. The van der Waals surface area contributed by atoms with Crippen LogP contribution in [0.1, 0.15) is 31.9 Å². The summed E-state index contributed by atoms with van der Waals surface area (Å²) in [5.41, 5.74) is 1.67. The molecule has 0 unspecified atom stereocenters. The minimum atomic E-state index is 0.113. The molecule has 0 aliphatic rings. The second-order valence-electron chi connectivity index (χ2n) is 5.10. The van der Waals surface area contributed by atoms with E-state index in [1.54, 1.807) is 7.11 Å². The molecule has 0 fully saturated rings. The van der Waals surface area contributed by atoms with Gasteiger partial charge in [0.1, 0.15) is 11.8 Å². The highest BCUT2D eigenvalue weighted by atomic mass is 16.5. The van der Waals surface area contributed by atoms with Crippen LogP contribution < -0.4 is 10.1 Å². The Morgan fingerprint density at radius 1 is 1.39 bits per heavy atom. The van der Waals surface area contributed by atoms with Crippen molar-refractivity contribution in [1.82, 2.24) is 5.32 Å². The highest BCUT2D eigenvalue weighted by molar-refractivity contribution is 5.56. The number of hydrogen-bond donors (Lipinski definition) is 1. The van der Waals surface area contributed by atoms with E-state index in [9.17, 15) is 0 Å².